The van der Waals surface area contributed by atoms with Gasteiger partial charge in [-0.2, -0.15) is 4.31 Å². The number of imidazole rings is 1. The summed E-state index contributed by atoms with van der Waals surface area (Å²) in [5, 5.41) is 3.01. The fraction of sp³-hybridized carbons (Fsp3) is 0.440. The third kappa shape index (κ3) is 5.28. The predicted octanol–water partition coefficient (Wildman–Crippen LogP) is 3.60. The van der Waals surface area contributed by atoms with Crippen LogP contribution in [0.25, 0.3) is 11.0 Å². The molecule has 1 N–H and O–H groups in total. The number of aryl methyl sites for hydroxylation is 2. The van der Waals surface area contributed by atoms with Crippen LogP contribution in [0.3, 0.4) is 0 Å². The van der Waals surface area contributed by atoms with Gasteiger partial charge in [-0.1, -0.05) is 43.7 Å². The highest BCUT2D eigenvalue weighted by Crippen LogP contribution is 2.25. The Bertz CT molecular complexity index is 1220. The summed E-state index contributed by atoms with van der Waals surface area (Å²) in [5.74, 6) is 0.994. The highest BCUT2D eigenvalue weighted by Gasteiger charge is 2.26. The van der Waals surface area contributed by atoms with Crippen LogP contribution in [-0.2, 0) is 28.3 Å². The van der Waals surface area contributed by atoms with Gasteiger partial charge < -0.3 is 9.88 Å². The Morgan fingerprint density at radius 1 is 1.09 bits per heavy atom. The van der Waals surface area contributed by atoms with E-state index in [4.69, 9.17) is 0 Å². The molecule has 1 aliphatic rings. The van der Waals surface area contributed by atoms with Crippen LogP contribution in [0.15, 0.2) is 53.4 Å². The Labute approximate surface area is 195 Å². The van der Waals surface area contributed by atoms with Gasteiger partial charge in [0.1, 0.15) is 5.82 Å². The van der Waals surface area contributed by atoms with Crippen molar-refractivity contribution in [3.63, 3.8) is 0 Å². The van der Waals surface area contributed by atoms with Crippen LogP contribution >= 0.6 is 0 Å². The molecular weight excluding hydrogens is 436 g/mol. The minimum Gasteiger partial charge on any atom is -0.355 e. The molecule has 1 aliphatic heterocycles. The van der Waals surface area contributed by atoms with Crippen molar-refractivity contribution in [3.05, 3.63) is 59.9 Å². The number of benzene rings is 2. The number of carbonyl (C=O) groups is 1. The number of aromatic nitrogens is 2. The molecule has 2 heterocycles. The third-order valence-electron chi connectivity index (χ3n) is 6.45. The van der Waals surface area contributed by atoms with Crippen LogP contribution < -0.4 is 5.32 Å². The summed E-state index contributed by atoms with van der Waals surface area (Å²) in [4.78, 5) is 17.3. The van der Waals surface area contributed by atoms with E-state index in [1.54, 1.807) is 16.4 Å². The van der Waals surface area contributed by atoms with Crippen LogP contribution in [0.5, 0.6) is 0 Å². The number of amides is 1. The predicted molar refractivity (Wildman–Crippen MR) is 130 cm³/mol. The van der Waals surface area contributed by atoms with Gasteiger partial charge in [0.15, 0.2) is 0 Å². The van der Waals surface area contributed by atoms with Gasteiger partial charge in [-0.05, 0) is 42.5 Å². The summed E-state index contributed by atoms with van der Waals surface area (Å²) in [6.07, 6.45) is 3.71. The highest BCUT2D eigenvalue weighted by molar-refractivity contribution is 7.89. The largest absolute Gasteiger partial charge is 0.355 e. The molecule has 1 fully saturated rings. The van der Waals surface area contributed by atoms with E-state index >= 15 is 0 Å². The van der Waals surface area contributed by atoms with E-state index in [1.165, 1.54) is 5.56 Å². The molecule has 0 bridgehead atoms. The lowest BCUT2D eigenvalue weighted by atomic mass is 10.0. The van der Waals surface area contributed by atoms with Crippen LogP contribution in [0.4, 0.5) is 0 Å². The monoisotopic (exact) mass is 468 g/mol. The Morgan fingerprint density at radius 2 is 1.82 bits per heavy atom. The normalized spacial score (nSPS) is 16.1. The second-order valence-corrected chi connectivity index (χ2v) is 10.8. The second kappa shape index (κ2) is 10.1. The van der Waals surface area contributed by atoms with E-state index in [9.17, 15) is 13.2 Å². The second-order valence-electron chi connectivity index (χ2n) is 8.82. The van der Waals surface area contributed by atoms with Gasteiger partial charge in [0.25, 0.3) is 0 Å². The summed E-state index contributed by atoms with van der Waals surface area (Å²) in [6.45, 7) is 3.83. The topological polar surface area (TPSA) is 84.3 Å². The zero-order valence-electron chi connectivity index (χ0n) is 19.3. The Morgan fingerprint density at radius 3 is 2.55 bits per heavy atom. The number of hydrogen-bond donors (Lipinski definition) is 1. The van der Waals surface area contributed by atoms with Gasteiger partial charge in [0.2, 0.25) is 15.9 Å². The average Bonchev–Trinajstić information content (AvgIpc) is 3.17. The van der Waals surface area contributed by atoms with Crippen molar-refractivity contribution in [1.82, 2.24) is 19.2 Å². The zero-order valence-corrected chi connectivity index (χ0v) is 20.1. The molecule has 1 saturated heterocycles. The summed E-state index contributed by atoms with van der Waals surface area (Å²) in [6, 6.07) is 15.2. The molecule has 33 heavy (non-hydrogen) atoms. The number of piperidine rings is 1. The van der Waals surface area contributed by atoms with Crippen molar-refractivity contribution in [2.75, 3.05) is 19.6 Å². The standard InChI is InChI=1S/C25H32N4O3S/c1-19(20-9-5-3-6-10-20)18-26-25(30)14-13-24-27-22-17-21(11-12-23(22)28(24)2)33(31,32)29-15-7-4-8-16-29/h3,5-6,9-12,17,19H,4,7-8,13-16,18H2,1-2H3,(H,26,30)/t19-/m1/s1. The van der Waals surface area contributed by atoms with Gasteiger partial charge in [0.05, 0.1) is 15.9 Å². The first kappa shape index (κ1) is 23.4. The smallest absolute Gasteiger partial charge is 0.243 e. The van der Waals surface area contributed by atoms with E-state index < -0.39 is 10.0 Å². The number of sulfonamides is 1. The SMILES string of the molecule is C[C@H](CNC(=O)CCc1nc2cc(S(=O)(=O)N3CCCCC3)ccc2n1C)c1ccccc1. The minimum absolute atomic E-state index is 0.0156. The van der Waals surface area contributed by atoms with E-state index in [0.29, 0.717) is 38.0 Å². The molecule has 7 nitrogen and oxygen atoms in total. The number of rotatable bonds is 8. The Balaban J connectivity index is 1.40. The van der Waals surface area contributed by atoms with Gasteiger partial charge in [-0.25, -0.2) is 13.4 Å². The summed E-state index contributed by atoms with van der Waals surface area (Å²) < 4.78 is 29.5. The lowest BCUT2D eigenvalue weighted by Gasteiger charge is -2.25. The van der Waals surface area contributed by atoms with E-state index in [0.717, 1.165) is 30.6 Å². The molecular formula is C25H32N4O3S. The maximum Gasteiger partial charge on any atom is 0.243 e. The molecule has 176 valence electrons. The van der Waals surface area contributed by atoms with Crippen molar-refractivity contribution in [2.24, 2.45) is 7.05 Å². The zero-order chi connectivity index (χ0) is 23.4. The molecule has 0 unspecified atom stereocenters. The third-order valence-corrected chi connectivity index (χ3v) is 8.34. The van der Waals surface area contributed by atoms with Crippen LogP contribution in [0.1, 0.15) is 49.9 Å². The summed E-state index contributed by atoms with van der Waals surface area (Å²) in [5.41, 5.74) is 2.70. The van der Waals surface area contributed by atoms with Crippen LogP contribution in [0, 0.1) is 0 Å². The molecule has 0 aliphatic carbocycles. The Hall–Kier alpha value is -2.71. The molecule has 4 rings (SSSR count). The van der Waals surface area contributed by atoms with Crippen LogP contribution in [-0.4, -0.2) is 47.8 Å². The molecule has 1 aromatic heterocycles. The molecule has 1 amide bonds. The van der Waals surface area contributed by atoms with E-state index in [-0.39, 0.29) is 16.7 Å². The first-order chi connectivity index (χ1) is 15.9. The van der Waals surface area contributed by atoms with Crippen molar-refractivity contribution in [2.45, 2.75) is 49.8 Å². The van der Waals surface area contributed by atoms with Gasteiger partial charge in [0, 0.05) is 39.5 Å². The van der Waals surface area contributed by atoms with Crippen molar-refractivity contribution < 1.29 is 13.2 Å². The lowest BCUT2D eigenvalue weighted by molar-refractivity contribution is -0.121. The molecule has 0 spiro atoms. The van der Waals surface area contributed by atoms with Crippen molar-refractivity contribution >= 4 is 27.0 Å². The van der Waals surface area contributed by atoms with E-state index in [2.05, 4.69) is 29.4 Å². The fourth-order valence-corrected chi connectivity index (χ4v) is 5.89. The fourth-order valence-electron chi connectivity index (χ4n) is 4.35. The molecule has 3 aromatic rings. The maximum absolute atomic E-state index is 13.0. The van der Waals surface area contributed by atoms with Crippen LogP contribution in [0.2, 0.25) is 0 Å². The van der Waals surface area contributed by atoms with Crippen molar-refractivity contribution in [3.8, 4) is 0 Å². The lowest BCUT2D eigenvalue weighted by Crippen LogP contribution is -2.35. The quantitative estimate of drug-likeness (QED) is 0.547. The number of fused-ring (bicyclic) bond motifs is 1. The number of carbonyl (C=O) groups excluding carboxylic acids is 1. The van der Waals surface area contributed by atoms with Gasteiger partial charge >= 0.3 is 0 Å². The van der Waals surface area contributed by atoms with E-state index in [1.807, 2.05) is 35.9 Å². The summed E-state index contributed by atoms with van der Waals surface area (Å²) >= 11 is 0. The number of hydrogen-bond acceptors (Lipinski definition) is 4. The number of nitrogens with zero attached hydrogens (tertiary/aromatic N) is 3. The molecule has 0 saturated carbocycles. The maximum atomic E-state index is 13.0. The molecule has 1 atom stereocenters. The molecule has 2 aromatic carbocycles. The minimum atomic E-state index is -3.50. The first-order valence-corrected chi connectivity index (χ1v) is 13.1. The summed E-state index contributed by atoms with van der Waals surface area (Å²) in [7, 11) is -1.60. The van der Waals surface area contributed by atoms with Gasteiger partial charge in [-0.15, -0.1) is 0 Å². The highest BCUT2D eigenvalue weighted by atomic mass is 32.2. The van der Waals surface area contributed by atoms with Crippen molar-refractivity contribution in [1.29, 1.82) is 0 Å². The van der Waals surface area contributed by atoms with Gasteiger partial charge in [-0.3, -0.25) is 4.79 Å². The molecule has 8 heteroatoms. The first-order valence-electron chi connectivity index (χ1n) is 11.6. The average molecular weight is 469 g/mol. The Kier molecular flexibility index (Phi) is 7.14. The molecule has 0 radical (unpaired) electrons. The number of nitrogens with one attached hydrogen (secondary N) is 1.